The third-order valence-electron chi connectivity index (χ3n) is 2.07. The van der Waals surface area contributed by atoms with E-state index in [9.17, 15) is 4.79 Å². The van der Waals surface area contributed by atoms with Crippen molar-refractivity contribution in [3.05, 3.63) is 33.8 Å². The lowest BCUT2D eigenvalue weighted by molar-refractivity contribution is -0.140. The number of carbonyl (C=O) groups excluding carboxylic acids is 1. The van der Waals surface area contributed by atoms with Crippen molar-refractivity contribution in [1.82, 2.24) is 0 Å². The number of nitrogens with zero attached hydrogens (tertiary/aromatic N) is 1. The maximum Gasteiger partial charge on any atom is 0.341 e. The van der Waals surface area contributed by atoms with E-state index in [0.29, 0.717) is 5.71 Å². The van der Waals surface area contributed by atoms with E-state index in [2.05, 4.69) is 25.9 Å². The molecule has 3 nitrogen and oxygen atoms in total. The first-order valence-corrected chi connectivity index (χ1v) is 4.99. The summed E-state index contributed by atoms with van der Waals surface area (Å²) in [5.41, 5.74) is 2.77. The highest BCUT2D eigenvalue weighted by molar-refractivity contribution is 9.10. The second-order valence-electron chi connectivity index (χ2n) is 3.14. The zero-order valence-electron chi connectivity index (χ0n) is 7.58. The molecule has 0 aromatic heterocycles. The molecule has 0 unspecified atom stereocenters. The minimum atomic E-state index is -0.295. The molecule has 14 heavy (non-hydrogen) atoms. The van der Waals surface area contributed by atoms with Crippen LogP contribution >= 0.6 is 15.9 Å². The first kappa shape index (κ1) is 9.40. The monoisotopic (exact) mass is 253 g/mol. The van der Waals surface area contributed by atoms with Gasteiger partial charge in [-0.1, -0.05) is 33.2 Å². The van der Waals surface area contributed by atoms with E-state index < -0.39 is 0 Å². The Morgan fingerprint density at radius 2 is 2.29 bits per heavy atom. The van der Waals surface area contributed by atoms with Crippen LogP contribution in [0.4, 0.5) is 0 Å². The van der Waals surface area contributed by atoms with Gasteiger partial charge in [-0.2, -0.15) is 0 Å². The molecular weight excluding hydrogens is 246 g/mol. The van der Waals surface area contributed by atoms with Crippen LogP contribution in [0.1, 0.15) is 17.5 Å². The van der Waals surface area contributed by atoms with Gasteiger partial charge in [-0.3, -0.25) is 0 Å². The number of rotatable bonds is 1. The predicted octanol–water partition coefficient (Wildman–Crippen LogP) is 2.41. The molecule has 0 atom stereocenters. The fraction of sp³-hybridized carbons (Fsp3) is 0.200. The second kappa shape index (κ2) is 3.53. The Bertz CT molecular complexity index is 426. The normalized spacial score (nSPS) is 15.3. The Hall–Kier alpha value is -1.16. The van der Waals surface area contributed by atoms with Gasteiger partial charge in [0.2, 0.25) is 0 Å². The van der Waals surface area contributed by atoms with Crippen LogP contribution in [-0.2, 0) is 9.63 Å². The summed E-state index contributed by atoms with van der Waals surface area (Å²) in [6, 6.07) is 5.85. The molecular formula is C10H8BrNO2. The fourth-order valence-corrected chi connectivity index (χ4v) is 1.61. The number of hydrogen-bond donors (Lipinski definition) is 0. The van der Waals surface area contributed by atoms with Crippen molar-refractivity contribution in [2.75, 3.05) is 0 Å². The maximum atomic E-state index is 10.8. The highest BCUT2D eigenvalue weighted by atomic mass is 79.9. The Morgan fingerprint density at radius 3 is 2.86 bits per heavy atom. The van der Waals surface area contributed by atoms with Gasteiger partial charge in [0, 0.05) is 10.0 Å². The van der Waals surface area contributed by atoms with Gasteiger partial charge in [0.05, 0.1) is 12.1 Å². The molecule has 0 fully saturated rings. The number of carbonyl (C=O) groups is 1. The Balaban J connectivity index is 2.34. The summed E-state index contributed by atoms with van der Waals surface area (Å²) < 4.78 is 1.01. The van der Waals surface area contributed by atoms with E-state index in [0.717, 1.165) is 15.6 Å². The summed E-state index contributed by atoms with van der Waals surface area (Å²) in [7, 11) is 0. The van der Waals surface area contributed by atoms with Crippen molar-refractivity contribution >= 4 is 27.6 Å². The van der Waals surface area contributed by atoms with Crippen molar-refractivity contribution in [2.24, 2.45) is 5.16 Å². The first-order chi connectivity index (χ1) is 6.66. The molecule has 0 amide bonds. The van der Waals surface area contributed by atoms with Crippen LogP contribution in [0.3, 0.4) is 0 Å². The molecule has 1 aromatic carbocycles. The summed E-state index contributed by atoms with van der Waals surface area (Å²) >= 11 is 3.43. The zero-order chi connectivity index (χ0) is 10.1. The maximum absolute atomic E-state index is 10.8. The summed E-state index contributed by atoms with van der Waals surface area (Å²) in [6.45, 7) is 2.01. The molecule has 2 rings (SSSR count). The number of benzene rings is 1. The van der Waals surface area contributed by atoms with Crippen molar-refractivity contribution in [1.29, 1.82) is 0 Å². The van der Waals surface area contributed by atoms with E-state index in [1.165, 1.54) is 0 Å². The molecule has 0 saturated heterocycles. The van der Waals surface area contributed by atoms with Gasteiger partial charge in [0.15, 0.2) is 0 Å². The Labute approximate surface area is 89.9 Å². The summed E-state index contributed by atoms with van der Waals surface area (Å²) in [4.78, 5) is 15.4. The molecule has 1 heterocycles. The lowest BCUT2D eigenvalue weighted by Crippen LogP contribution is -2.00. The molecule has 0 bridgehead atoms. The van der Waals surface area contributed by atoms with Crippen LogP contribution in [0.2, 0.25) is 0 Å². The molecule has 1 aliphatic rings. The largest absolute Gasteiger partial charge is 0.341 e. The highest BCUT2D eigenvalue weighted by Crippen LogP contribution is 2.20. The predicted molar refractivity (Wildman–Crippen MR) is 56.1 cm³/mol. The minimum Gasteiger partial charge on any atom is -0.318 e. The number of hydrogen-bond acceptors (Lipinski definition) is 3. The van der Waals surface area contributed by atoms with Gasteiger partial charge in [0.25, 0.3) is 0 Å². The first-order valence-electron chi connectivity index (χ1n) is 4.20. The lowest BCUT2D eigenvalue weighted by Gasteiger charge is -2.01. The number of aryl methyl sites for hydroxylation is 1. The minimum absolute atomic E-state index is 0.259. The smallest absolute Gasteiger partial charge is 0.318 e. The van der Waals surface area contributed by atoms with Crippen molar-refractivity contribution < 1.29 is 9.63 Å². The molecule has 1 aromatic rings. The fourth-order valence-electron chi connectivity index (χ4n) is 1.23. The van der Waals surface area contributed by atoms with Crippen LogP contribution in [0.15, 0.2) is 27.8 Å². The highest BCUT2D eigenvalue weighted by Gasteiger charge is 2.19. The summed E-state index contributed by atoms with van der Waals surface area (Å²) in [5, 5.41) is 3.70. The van der Waals surface area contributed by atoms with E-state index in [4.69, 9.17) is 0 Å². The molecule has 4 heteroatoms. The molecule has 1 aliphatic heterocycles. The van der Waals surface area contributed by atoms with Crippen LogP contribution in [0.25, 0.3) is 0 Å². The molecule has 72 valence electrons. The van der Waals surface area contributed by atoms with Gasteiger partial charge in [-0.15, -0.1) is 0 Å². The number of oxime groups is 1. The van der Waals surface area contributed by atoms with Crippen molar-refractivity contribution in [3.63, 3.8) is 0 Å². The molecule has 0 aliphatic carbocycles. The quantitative estimate of drug-likeness (QED) is 0.722. The average Bonchev–Trinajstić information content (AvgIpc) is 2.57. The molecule has 0 spiro atoms. The molecule has 0 radical (unpaired) electrons. The van der Waals surface area contributed by atoms with Crippen LogP contribution < -0.4 is 0 Å². The van der Waals surface area contributed by atoms with E-state index in [1.807, 2.05) is 25.1 Å². The SMILES string of the molecule is Cc1ccc(C2=NOC(=O)C2)cc1Br. The third kappa shape index (κ3) is 1.70. The lowest BCUT2D eigenvalue weighted by atomic mass is 10.1. The molecule has 0 N–H and O–H groups in total. The standard InChI is InChI=1S/C10H8BrNO2/c1-6-2-3-7(4-8(6)11)9-5-10(13)14-12-9/h2-4H,5H2,1H3. The van der Waals surface area contributed by atoms with Crippen LogP contribution in [0, 0.1) is 6.92 Å². The van der Waals surface area contributed by atoms with Gasteiger partial charge >= 0.3 is 5.97 Å². The van der Waals surface area contributed by atoms with Gasteiger partial charge < -0.3 is 4.84 Å². The van der Waals surface area contributed by atoms with Gasteiger partial charge in [-0.25, -0.2) is 4.79 Å². The zero-order valence-corrected chi connectivity index (χ0v) is 9.17. The van der Waals surface area contributed by atoms with Gasteiger partial charge in [-0.05, 0) is 18.6 Å². The second-order valence-corrected chi connectivity index (χ2v) is 4.00. The average molecular weight is 254 g/mol. The van der Waals surface area contributed by atoms with E-state index in [-0.39, 0.29) is 12.4 Å². The van der Waals surface area contributed by atoms with Crippen LogP contribution in [-0.4, -0.2) is 11.7 Å². The van der Waals surface area contributed by atoms with Crippen molar-refractivity contribution in [3.8, 4) is 0 Å². The summed E-state index contributed by atoms with van der Waals surface area (Å²) in [5.74, 6) is -0.295. The third-order valence-corrected chi connectivity index (χ3v) is 2.93. The summed E-state index contributed by atoms with van der Waals surface area (Å²) in [6.07, 6.45) is 0.259. The van der Waals surface area contributed by atoms with E-state index in [1.54, 1.807) is 0 Å². The number of halogens is 1. The van der Waals surface area contributed by atoms with E-state index >= 15 is 0 Å². The van der Waals surface area contributed by atoms with Crippen molar-refractivity contribution in [2.45, 2.75) is 13.3 Å². The Kier molecular flexibility index (Phi) is 2.37. The topological polar surface area (TPSA) is 38.7 Å². The van der Waals surface area contributed by atoms with Crippen LogP contribution in [0.5, 0.6) is 0 Å². The Morgan fingerprint density at radius 1 is 1.50 bits per heavy atom. The van der Waals surface area contributed by atoms with Gasteiger partial charge in [0.1, 0.15) is 0 Å². The molecule has 0 saturated carbocycles.